The van der Waals surface area contributed by atoms with Crippen LogP contribution in [0, 0.1) is 6.92 Å². The third-order valence-electron chi connectivity index (χ3n) is 5.56. The van der Waals surface area contributed by atoms with E-state index in [9.17, 15) is 14.4 Å². The first-order valence-corrected chi connectivity index (χ1v) is 14.6. The zero-order valence-electron chi connectivity index (χ0n) is 20.9. The lowest BCUT2D eigenvalue weighted by Crippen LogP contribution is -2.27. The number of ether oxygens (including phenoxy) is 2. The normalized spacial score (nSPS) is 14.2. The first-order chi connectivity index (χ1) is 18.6. The average molecular weight is 695 g/mol. The Hall–Kier alpha value is -2.79. The van der Waals surface area contributed by atoms with Crippen molar-refractivity contribution < 1.29 is 23.9 Å². The number of aryl methyl sites for hydroxylation is 1. The number of anilines is 1. The van der Waals surface area contributed by atoms with Gasteiger partial charge >= 0.3 is 0 Å². The molecule has 1 N–H and O–H groups in total. The summed E-state index contributed by atoms with van der Waals surface area (Å²) in [6.45, 7) is 3.98. The van der Waals surface area contributed by atoms with E-state index < -0.39 is 0 Å². The second kappa shape index (κ2) is 13.0. The van der Waals surface area contributed by atoms with Crippen LogP contribution in [0.2, 0.25) is 5.02 Å². The second-order valence-electron chi connectivity index (χ2n) is 8.46. The highest BCUT2D eigenvalue weighted by Gasteiger charge is 2.35. The largest absolute Gasteiger partial charge is 0.490 e. The summed E-state index contributed by atoms with van der Waals surface area (Å²) in [5.74, 6) is -0.00386. The molecule has 0 saturated carbocycles. The first-order valence-electron chi connectivity index (χ1n) is 11.8. The molecule has 1 fully saturated rings. The van der Waals surface area contributed by atoms with E-state index in [1.165, 1.54) is 4.90 Å². The maximum Gasteiger partial charge on any atom is 0.293 e. The Kier molecular flexibility index (Phi) is 9.76. The van der Waals surface area contributed by atoms with Crippen molar-refractivity contribution in [2.75, 3.05) is 18.5 Å². The SMILES string of the molecule is CCOc1cc(/C=C2\SC(=O)N(Cc3ccc(Br)cc3)C2=O)cc(Br)c1OCC(=O)Nc1ccc(C)c(Cl)c1. The van der Waals surface area contributed by atoms with Crippen molar-refractivity contribution in [3.8, 4) is 11.5 Å². The van der Waals surface area contributed by atoms with Crippen LogP contribution in [0.3, 0.4) is 0 Å². The van der Waals surface area contributed by atoms with Crippen LogP contribution in [0.4, 0.5) is 10.5 Å². The second-order valence-corrected chi connectivity index (χ2v) is 11.6. The van der Waals surface area contributed by atoms with Crippen LogP contribution in [0.1, 0.15) is 23.6 Å². The van der Waals surface area contributed by atoms with Gasteiger partial charge < -0.3 is 14.8 Å². The molecule has 3 aromatic carbocycles. The summed E-state index contributed by atoms with van der Waals surface area (Å²) >= 11 is 13.9. The van der Waals surface area contributed by atoms with Gasteiger partial charge in [0.25, 0.3) is 17.1 Å². The number of amides is 3. The maximum absolute atomic E-state index is 13.0. The number of nitrogens with one attached hydrogen (secondary N) is 1. The van der Waals surface area contributed by atoms with Gasteiger partial charge in [-0.1, -0.05) is 45.7 Å². The molecule has 202 valence electrons. The smallest absolute Gasteiger partial charge is 0.293 e. The molecule has 7 nitrogen and oxygen atoms in total. The molecule has 0 radical (unpaired) electrons. The third-order valence-corrected chi connectivity index (χ3v) is 7.99. The van der Waals surface area contributed by atoms with Gasteiger partial charge in [-0.25, -0.2) is 0 Å². The molecule has 1 aliphatic rings. The van der Waals surface area contributed by atoms with Gasteiger partial charge in [-0.2, -0.15) is 0 Å². The lowest BCUT2D eigenvalue weighted by molar-refractivity contribution is -0.123. The third kappa shape index (κ3) is 7.45. The molecule has 0 aromatic heterocycles. The molecule has 1 aliphatic heterocycles. The number of hydrogen-bond donors (Lipinski definition) is 1. The first kappa shape index (κ1) is 29.2. The molecular formula is C28H23Br2ClN2O5S. The zero-order valence-corrected chi connectivity index (χ0v) is 25.7. The van der Waals surface area contributed by atoms with Gasteiger partial charge in [-0.15, -0.1) is 0 Å². The number of hydrogen-bond acceptors (Lipinski definition) is 6. The number of rotatable bonds is 9. The van der Waals surface area contributed by atoms with E-state index in [0.717, 1.165) is 27.4 Å². The van der Waals surface area contributed by atoms with Crippen molar-refractivity contribution in [2.45, 2.75) is 20.4 Å². The molecular weight excluding hydrogens is 672 g/mol. The van der Waals surface area contributed by atoms with Gasteiger partial charge in [0, 0.05) is 15.2 Å². The summed E-state index contributed by atoms with van der Waals surface area (Å²) in [7, 11) is 0. The van der Waals surface area contributed by atoms with Crippen molar-refractivity contribution in [3.05, 3.63) is 90.2 Å². The number of thioether (sulfide) groups is 1. The van der Waals surface area contributed by atoms with Gasteiger partial charge in [0.05, 0.1) is 22.5 Å². The van der Waals surface area contributed by atoms with E-state index in [1.54, 1.807) is 30.3 Å². The highest BCUT2D eigenvalue weighted by Crippen LogP contribution is 2.39. The summed E-state index contributed by atoms with van der Waals surface area (Å²) in [5, 5.41) is 2.97. The van der Waals surface area contributed by atoms with Gasteiger partial charge in [0.15, 0.2) is 18.1 Å². The Morgan fingerprint density at radius 2 is 1.82 bits per heavy atom. The number of carbonyl (C=O) groups excluding carboxylic acids is 3. The summed E-state index contributed by atoms with van der Waals surface area (Å²) < 4.78 is 13.0. The Morgan fingerprint density at radius 1 is 1.08 bits per heavy atom. The van der Waals surface area contributed by atoms with Crippen LogP contribution < -0.4 is 14.8 Å². The fourth-order valence-electron chi connectivity index (χ4n) is 3.64. The molecule has 39 heavy (non-hydrogen) atoms. The van der Waals surface area contributed by atoms with Crippen LogP contribution in [-0.2, 0) is 16.1 Å². The molecule has 0 atom stereocenters. The molecule has 1 saturated heterocycles. The Bertz CT molecular complexity index is 1460. The van der Waals surface area contributed by atoms with Crippen molar-refractivity contribution >= 4 is 84.0 Å². The molecule has 11 heteroatoms. The minimum Gasteiger partial charge on any atom is -0.490 e. The minimum absolute atomic E-state index is 0.187. The summed E-state index contributed by atoms with van der Waals surface area (Å²) in [5.41, 5.74) is 2.95. The van der Waals surface area contributed by atoms with E-state index in [-0.39, 0.29) is 30.2 Å². The summed E-state index contributed by atoms with van der Waals surface area (Å²) in [4.78, 5) is 39.6. The monoisotopic (exact) mass is 692 g/mol. The van der Waals surface area contributed by atoms with Gasteiger partial charge in [0.1, 0.15) is 0 Å². The minimum atomic E-state index is -0.368. The van der Waals surface area contributed by atoms with E-state index >= 15 is 0 Å². The van der Waals surface area contributed by atoms with E-state index in [2.05, 4.69) is 37.2 Å². The fourth-order valence-corrected chi connectivity index (χ4v) is 5.50. The summed E-state index contributed by atoms with van der Waals surface area (Å²) in [6, 6.07) is 16.1. The van der Waals surface area contributed by atoms with Crippen molar-refractivity contribution in [2.24, 2.45) is 0 Å². The van der Waals surface area contributed by atoms with E-state index in [4.69, 9.17) is 21.1 Å². The van der Waals surface area contributed by atoms with Crippen molar-refractivity contribution in [3.63, 3.8) is 0 Å². The number of halogens is 3. The maximum atomic E-state index is 13.0. The molecule has 4 rings (SSSR count). The van der Waals surface area contributed by atoms with Crippen LogP contribution in [0.5, 0.6) is 11.5 Å². The highest BCUT2D eigenvalue weighted by atomic mass is 79.9. The predicted molar refractivity (Wildman–Crippen MR) is 161 cm³/mol. The molecule has 3 amide bonds. The topological polar surface area (TPSA) is 84.9 Å². The van der Waals surface area contributed by atoms with E-state index in [1.807, 2.05) is 44.2 Å². The van der Waals surface area contributed by atoms with Gasteiger partial charge in [0.2, 0.25) is 0 Å². The van der Waals surface area contributed by atoms with Crippen LogP contribution >= 0.6 is 55.2 Å². The van der Waals surface area contributed by atoms with Gasteiger partial charge in [-0.05, 0) is 101 Å². The molecule has 0 spiro atoms. The lowest BCUT2D eigenvalue weighted by Gasteiger charge is -2.15. The zero-order chi connectivity index (χ0) is 28.1. The summed E-state index contributed by atoms with van der Waals surface area (Å²) in [6.07, 6.45) is 1.64. The Morgan fingerprint density at radius 3 is 2.51 bits per heavy atom. The van der Waals surface area contributed by atoms with E-state index in [0.29, 0.717) is 43.8 Å². The quantitative estimate of drug-likeness (QED) is 0.230. The lowest BCUT2D eigenvalue weighted by atomic mass is 10.1. The van der Waals surface area contributed by atoms with Crippen molar-refractivity contribution in [1.82, 2.24) is 4.90 Å². The van der Waals surface area contributed by atoms with Crippen LogP contribution in [-0.4, -0.2) is 35.2 Å². The molecule has 0 aliphatic carbocycles. The van der Waals surface area contributed by atoms with Gasteiger partial charge in [-0.3, -0.25) is 19.3 Å². The number of nitrogens with zero attached hydrogens (tertiary/aromatic N) is 1. The standard InChI is InChI=1S/C28H23Br2ClN2O5S/c1-3-37-23-11-18(12-24-27(35)33(28(36)39-24)14-17-5-7-19(29)8-6-17)10-21(30)26(23)38-15-25(34)32-20-9-4-16(2)22(31)13-20/h4-13H,3,14-15H2,1-2H3,(H,32,34)/b24-12-. The molecule has 0 bridgehead atoms. The number of imide groups is 1. The van der Waals surface area contributed by atoms with Crippen LogP contribution in [0.25, 0.3) is 6.08 Å². The number of benzene rings is 3. The molecule has 3 aromatic rings. The Labute approximate surface area is 252 Å². The number of carbonyl (C=O) groups is 3. The fraction of sp³-hybridized carbons (Fsp3) is 0.179. The predicted octanol–water partition coefficient (Wildman–Crippen LogP) is 7.83. The molecule has 1 heterocycles. The Balaban J connectivity index is 1.48. The van der Waals surface area contributed by atoms with Crippen molar-refractivity contribution in [1.29, 1.82) is 0 Å². The average Bonchev–Trinajstić information content (AvgIpc) is 3.14. The van der Waals surface area contributed by atoms with Crippen LogP contribution in [0.15, 0.2) is 68.4 Å². The molecule has 0 unspecified atom stereocenters. The highest BCUT2D eigenvalue weighted by molar-refractivity contribution is 9.10.